The molecule has 5 heteroatoms. The summed E-state index contributed by atoms with van der Waals surface area (Å²) in [4.78, 5) is 12.8. The maximum absolute atomic E-state index is 5.95. The number of nitrogens with zero attached hydrogens (tertiary/aromatic N) is 3. The average molecular weight is 255 g/mol. The van der Waals surface area contributed by atoms with Gasteiger partial charge in [0.1, 0.15) is 0 Å². The minimum absolute atomic E-state index is 0.488. The number of anilines is 2. The molecule has 0 radical (unpaired) electrons. The highest BCUT2D eigenvalue weighted by Gasteiger charge is 2.16. The van der Waals surface area contributed by atoms with Gasteiger partial charge in [-0.15, -0.1) is 0 Å². The summed E-state index contributed by atoms with van der Waals surface area (Å²) in [5, 5.41) is 3.43. The van der Waals surface area contributed by atoms with Crippen LogP contribution >= 0.6 is 0 Å². The van der Waals surface area contributed by atoms with Crippen molar-refractivity contribution in [2.24, 2.45) is 0 Å². The van der Waals surface area contributed by atoms with Gasteiger partial charge in [-0.2, -0.15) is 0 Å². The molecular formula is C14H17N5. The molecule has 2 heterocycles. The van der Waals surface area contributed by atoms with Gasteiger partial charge in [0.15, 0.2) is 11.6 Å². The van der Waals surface area contributed by atoms with E-state index in [2.05, 4.69) is 20.3 Å². The lowest BCUT2D eigenvalue weighted by molar-refractivity contribution is 0.750. The van der Waals surface area contributed by atoms with E-state index in [4.69, 9.17) is 5.73 Å². The third-order valence-electron chi connectivity index (χ3n) is 3.45. The highest BCUT2D eigenvalue weighted by atomic mass is 15.1. The molecule has 0 amide bonds. The van der Waals surface area contributed by atoms with E-state index in [1.54, 1.807) is 18.6 Å². The van der Waals surface area contributed by atoms with Gasteiger partial charge in [-0.3, -0.25) is 4.98 Å². The maximum Gasteiger partial charge on any atom is 0.161 e. The van der Waals surface area contributed by atoms with Gasteiger partial charge in [-0.05, 0) is 25.0 Å². The van der Waals surface area contributed by atoms with E-state index in [0.717, 1.165) is 11.4 Å². The predicted molar refractivity (Wildman–Crippen MR) is 75.6 cm³/mol. The zero-order valence-corrected chi connectivity index (χ0v) is 10.7. The highest BCUT2D eigenvalue weighted by molar-refractivity contribution is 5.65. The molecule has 3 N–H and O–H groups in total. The van der Waals surface area contributed by atoms with Crippen LogP contribution in [0.2, 0.25) is 0 Å². The van der Waals surface area contributed by atoms with E-state index in [-0.39, 0.29) is 0 Å². The molecule has 2 aromatic heterocycles. The van der Waals surface area contributed by atoms with E-state index < -0.39 is 0 Å². The van der Waals surface area contributed by atoms with Crippen molar-refractivity contribution in [2.75, 3.05) is 11.1 Å². The molecule has 0 atom stereocenters. The van der Waals surface area contributed by atoms with E-state index in [0.29, 0.717) is 17.6 Å². The second kappa shape index (κ2) is 5.22. The highest BCUT2D eigenvalue weighted by Crippen LogP contribution is 2.25. The summed E-state index contributed by atoms with van der Waals surface area (Å²) in [6, 6.07) is 4.28. The first-order valence-corrected chi connectivity index (χ1v) is 6.62. The number of hydrogen-bond donors (Lipinski definition) is 2. The number of nitrogens with one attached hydrogen (secondary N) is 1. The lowest BCUT2D eigenvalue weighted by Crippen LogP contribution is -2.17. The van der Waals surface area contributed by atoms with Crippen molar-refractivity contribution in [2.45, 2.75) is 31.7 Å². The van der Waals surface area contributed by atoms with E-state index >= 15 is 0 Å². The maximum atomic E-state index is 5.95. The Morgan fingerprint density at radius 1 is 1.16 bits per heavy atom. The minimum Gasteiger partial charge on any atom is -0.394 e. The fourth-order valence-corrected chi connectivity index (χ4v) is 2.41. The lowest BCUT2D eigenvalue weighted by Gasteiger charge is -2.14. The minimum atomic E-state index is 0.488. The predicted octanol–water partition coefficient (Wildman–Crippen LogP) is 2.48. The molecule has 0 unspecified atom stereocenters. The Morgan fingerprint density at radius 2 is 1.89 bits per heavy atom. The second-order valence-corrected chi connectivity index (χ2v) is 4.86. The third kappa shape index (κ3) is 2.65. The summed E-state index contributed by atoms with van der Waals surface area (Å²) in [5.74, 6) is 1.42. The molecule has 2 aromatic rings. The molecule has 1 saturated carbocycles. The summed E-state index contributed by atoms with van der Waals surface area (Å²) in [5.41, 5.74) is 7.50. The average Bonchev–Trinajstić information content (AvgIpc) is 2.95. The largest absolute Gasteiger partial charge is 0.394 e. The number of rotatable bonds is 3. The van der Waals surface area contributed by atoms with Gasteiger partial charge in [0, 0.05) is 24.0 Å². The van der Waals surface area contributed by atoms with Gasteiger partial charge in [0.25, 0.3) is 0 Å². The molecule has 19 heavy (non-hydrogen) atoms. The Balaban J connectivity index is 1.87. The van der Waals surface area contributed by atoms with Crippen molar-refractivity contribution >= 4 is 11.5 Å². The van der Waals surface area contributed by atoms with Crippen molar-refractivity contribution < 1.29 is 0 Å². The number of nitrogen functional groups attached to an aromatic ring is 1. The first-order valence-electron chi connectivity index (χ1n) is 6.62. The van der Waals surface area contributed by atoms with Crippen molar-refractivity contribution in [3.05, 3.63) is 30.7 Å². The first-order chi connectivity index (χ1) is 9.33. The number of aromatic nitrogens is 3. The zero-order chi connectivity index (χ0) is 13.1. The van der Waals surface area contributed by atoms with E-state index in [1.165, 1.54) is 25.7 Å². The van der Waals surface area contributed by atoms with Crippen molar-refractivity contribution in [3.8, 4) is 11.4 Å². The fraction of sp³-hybridized carbons (Fsp3) is 0.357. The Bertz CT molecular complexity index is 549. The van der Waals surface area contributed by atoms with Gasteiger partial charge >= 0.3 is 0 Å². The lowest BCUT2D eigenvalue weighted by atomic mass is 10.2. The number of nitrogens with two attached hydrogens (primary N) is 1. The van der Waals surface area contributed by atoms with Gasteiger partial charge in [0.05, 0.1) is 11.9 Å². The zero-order valence-electron chi connectivity index (χ0n) is 10.7. The first kappa shape index (κ1) is 11.9. The molecule has 0 bridgehead atoms. The van der Waals surface area contributed by atoms with Crippen molar-refractivity contribution in [1.82, 2.24) is 15.0 Å². The smallest absolute Gasteiger partial charge is 0.161 e. The molecule has 5 nitrogen and oxygen atoms in total. The van der Waals surface area contributed by atoms with E-state index in [9.17, 15) is 0 Å². The van der Waals surface area contributed by atoms with Gasteiger partial charge in [-0.1, -0.05) is 12.8 Å². The molecule has 1 aliphatic rings. The quantitative estimate of drug-likeness (QED) is 0.881. The topological polar surface area (TPSA) is 76.7 Å². The number of pyridine rings is 1. The van der Waals surface area contributed by atoms with Crippen LogP contribution in [0.1, 0.15) is 25.7 Å². The molecule has 1 aliphatic carbocycles. The molecule has 1 fully saturated rings. The monoisotopic (exact) mass is 255 g/mol. The van der Waals surface area contributed by atoms with Crippen LogP contribution in [0.3, 0.4) is 0 Å². The molecule has 0 aromatic carbocycles. The third-order valence-corrected chi connectivity index (χ3v) is 3.45. The van der Waals surface area contributed by atoms with Crippen LogP contribution in [0.25, 0.3) is 11.4 Å². The van der Waals surface area contributed by atoms with E-state index in [1.807, 2.05) is 12.1 Å². The molecule has 0 aliphatic heterocycles. The van der Waals surface area contributed by atoms with Crippen LogP contribution in [0.4, 0.5) is 11.5 Å². The van der Waals surface area contributed by atoms with Crippen LogP contribution in [0, 0.1) is 0 Å². The SMILES string of the molecule is Nc1cnc(-c2ccncc2)nc1NC1CCCC1. The van der Waals surface area contributed by atoms with Crippen molar-refractivity contribution in [3.63, 3.8) is 0 Å². The Morgan fingerprint density at radius 3 is 2.63 bits per heavy atom. The summed E-state index contributed by atoms with van der Waals surface area (Å²) < 4.78 is 0. The summed E-state index contributed by atoms with van der Waals surface area (Å²) in [6.07, 6.45) is 10.1. The normalized spacial score (nSPS) is 15.6. The summed E-state index contributed by atoms with van der Waals surface area (Å²) in [6.45, 7) is 0. The van der Waals surface area contributed by atoms with Crippen molar-refractivity contribution in [1.29, 1.82) is 0 Å². The summed E-state index contributed by atoms with van der Waals surface area (Å²) in [7, 11) is 0. The molecule has 3 rings (SSSR count). The Hall–Kier alpha value is -2.17. The van der Waals surface area contributed by atoms with Gasteiger partial charge in [-0.25, -0.2) is 9.97 Å². The fourth-order valence-electron chi connectivity index (χ4n) is 2.41. The molecule has 0 spiro atoms. The molecular weight excluding hydrogens is 238 g/mol. The van der Waals surface area contributed by atoms with Gasteiger partial charge in [0.2, 0.25) is 0 Å². The Labute approximate surface area is 112 Å². The van der Waals surface area contributed by atoms with Crippen LogP contribution in [0.5, 0.6) is 0 Å². The standard InChI is InChI=1S/C14H17N5/c15-12-9-17-13(10-5-7-16-8-6-10)19-14(12)18-11-3-1-2-4-11/h5-9,11H,1-4,15H2,(H,17,18,19). The van der Waals surface area contributed by atoms with Gasteiger partial charge < -0.3 is 11.1 Å². The molecule has 98 valence electrons. The van der Waals surface area contributed by atoms with Crippen LogP contribution in [0.15, 0.2) is 30.7 Å². The Kier molecular flexibility index (Phi) is 3.27. The van der Waals surface area contributed by atoms with Crippen LogP contribution in [-0.2, 0) is 0 Å². The number of hydrogen-bond acceptors (Lipinski definition) is 5. The second-order valence-electron chi connectivity index (χ2n) is 4.86. The van der Waals surface area contributed by atoms with Crippen LogP contribution in [-0.4, -0.2) is 21.0 Å². The summed E-state index contributed by atoms with van der Waals surface area (Å²) >= 11 is 0. The van der Waals surface area contributed by atoms with Crippen LogP contribution < -0.4 is 11.1 Å². The molecule has 0 saturated heterocycles.